The molecule has 0 saturated carbocycles. The van der Waals surface area contributed by atoms with E-state index < -0.39 is 0 Å². The zero-order valence-electron chi connectivity index (χ0n) is 20.2. The Hall–Kier alpha value is -1.63. The van der Waals surface area contributed by atoms with Crippen LogP contribution in [-0.4, -0.2) is 91.3 Å². The maximum Gasteiger partial charge on any atom is 0.222 e. The van der Waals surface area contributed by atoms with Gasteiger partial charge in [-0.05, 0) is 63.6 Å². The number of likely N-dealkylation sites (tertiary alicyclic amines) is 1. The van der Waals surface area contributed by atoms with Crippen molar-refractivity contribution < 1.29 is 14.3 Å². The molecular formula is C26H41N3O3. The first kappa shape index (κ1) is 23.5. The predicted molar refractivity (Wildman–Crippen MR) is 127 cm³/mol. The molecule has 0 radical (unpaired) electrons. The van der Waals surface area contributed by atoms with E-state index in [1.165, 1.54) is 31.7 Å². The molecule has 3 aliphatic rings. The van der Waals surface area contributed by atoms with Crippen LogP contribution in [0.5, 0.6) is 5.75 Å². The Morgan fingerprint density at radius 2 is 1.78 bits per heavy atom. The van der Waals surface area contributed by atoms with Crippen molar-refractivity contribution >= 4 is 5.91 Å². The maximum absolute atomic E-state index is 12.8. The zero-order valence-corrected chi connectivity index (χ0v) is 20.2. The molecule has 1 atom stereocenters. The lowest BCUT2D eigenvalue weighted by molar-refractivity contribution is -0.150. The van der Waals surface area contributed by atoms with E-state index >= 15 is 0 Å². The summed E-state index contributed by atoms with van der Waals surface area (Å²) in [5, 5.41) is 0. The summed E-state index contributed by atoms with van der Waals surface area (Å²) in [6.45, 7) is 11.8. The van der Waals surface area contributed by atoms with Crippen molar-refractivity contribution in [3.63, 3.8) is 0 Å². The van der Waals surface area contributed by atoms with Crippen LogP contribution < -0.4 is 4.74 Å². The summed E-state index contributed by atoms with van der Waals surface area (Å²) in [6, 6.07) is 9.30. The fourth-order valence-electron chi connectivity index (χ4n) is 5.65. The number of nitrogens with zero attached hydrogens (tertiary/aromatic N) is 3. The van der Waals surface area contributed by atoms with E-state index in [4.69, 9.17) is 9.47 Å². The van der Waals surface area contributed by atoms with Gasteiger partial charge >= 0.3 is 0 Å². The summed E-state index contributed by atoms with van der Waals surface area (Å²) in [4.78, 5) is 20.2. The smallest absolute Gasteiger partial charge is 0.222 e. The minimum absolute atomic E-state index is 0.0230. The molecule has 0 N–H and O–H groups in total. The largest absolute Gasteiger partial charge is 0.497 e. The van der Waals surface area contributed by atoms with Crippen LogP contribution in [0.3, 0.4) is 0 Å². The third kappa shape index (κ3) is 5.64. The highest BCUT2D eigenvalue weighted by Gasteiger charge is 2.42. The highest BCUT2D eigenvalue weighted by Crippen LogP contribution is 2.37. The fraction of sp³-hybridized carbons (Fsp3) is 0.731. The molecule has 1 spiro atoms. The standard InChI is InChI=1S/C26H41N3O3/c1-21(2)27-15-17-28(18-16-27)23-10-19-32-26(20-23)11-13-29(14-12-26)25(30)9-6-22-4-7-24(31-3)8-5-22/h4-5,7-8,21,23H,6,9-20H2,1-3H3. The number of aryl methyl sites for hydroxylation is 1. The summed E-state index contributed by atoms with van der Waals surface area (Å²) >= 11 is 0. The summed E-state index contributed by atoms with van der Waals surface area (Å²) in [5.74, 6) is 1.13. The van der Waals surface area contributed by atoms with E-state index in [1.807, 2.05) is 24.3 Å². The molecule has 1 unspecified atom stereocenters. The molecule has 3 saturated heterocycles. The Bertz CT molecular complexity index is 735. The number of rotatable bonds is 6. The van der Waals surface area contributed by atoms with Gasteiger partial charge < -0.3 is 14.4 Å². The van der Waals surface area contributed by atoms with Gasteiger partial charge in [-0.25, -0.2) is 0 Å². The van der Waals surface area contributed by atoms with Crippen LogP contribution in [0.1, 0.15) is 51.5 Å². The molecule has 1 aromatic carbocycles. The van der Waals surface area contributed by atoms with Crippen LogP contribution >= 0.6 is 0 Å². The zero-order chi connectivity index (χ0) is 22.6. The molecule has 3 heterocycles. The monoisotopic (exact) mass is 443 g/mol. The first-order valence-corrected chi connectivity index (χ1v) is 12.5. The number of amides is 1. The van der Waals surface area contributed by atoms with E-state index in [-0.39, 0.29) is 11.5 Å². The average Bonchev–Trinajstić information content (AvgIpc) is 2.83. The summed E-state index contributed by atoms with van der Waals surface area (Å²) in [6.07, 6.45) is 5.58. The quantitative estimate of drug-likeness (QED) is 0.676. The Labute approximate surface area is 193 Å². The van der Waals surface area contributed by atoms with Gasteiger partial charge in [0.05, 0.1) is 12.7 Å². The second-order valence-corrected chi connectivity index (χ2v) is 10.1. The van der Waals surface area contributed by atoms with Crippen molar-refractivity contribution in [2.45, 2.75) is 70.1 Å². The van der Waals surface area contributed by atoms with Gasteiger partial charge in [0.1, 0.15) is 5.75 Å². The minimum atomic E-state index is -0.0230. The topological polar surface area (TPSA) is 45.2 Å². The molecule has 6 nitrogen and oxygen atoms in total. The second-order valence-electron chi connectivity index (χ2n) is 10.1. The predicted octanol–water partition coefficient (Wildman–Crippen LogP) is 3.19. The lowest BCUT2D eigenvalue weighted by Gasteiger charge is -2.50. The number of carbonyl (C=O) groups excluding carboxylic acids is 1. The molecule has 0 aromatic heterocycles. The van der Waals surface area contributed by atoms with Gasteiger partial charge in [-0.1, -0.05) is 12.1 Å². The molecule has 1 amide bonds. The van der Waals surface area contributed by atoms with Gasteiger partial charge in [0.15, 0.2) is 0 Å². The molecule has 32 heavy (non-hydrogen) atoms. The molecule has 6 heteroatoms. The van der Waals surface area contributed by atoms with E-state index in [1.54, 1.807) is 7.11 Å². The maximum atomic E-state index is 12.8. The number of hydrogen-bond acceptors (Lipinski definition) is 5. The second kappa shape index (κ2) is 10.5. The Morgan fingerprint density at radius 1 is 1.09 bits per heavy atom. The van der Waals surface area contributed by atoms with E-state index in [2.05, 4.69) is 28.5 Å². The average molecular weight is 444 g/mol. The highest BCUT2D eigenvalue weighted by atomic mass is 16.5. The van der Waals surface area contributed by atoms with Gasteiger partial charge in [0.2, 0.25) is 5.91 Å². The number of hydrogen-bond donors (Lipinski definition) is 0. The van der Waals surface area contributed by atoms with Gasteiger partial charge in [-0.15, -0.1) is 0 Å². The van der Waals surface area contributed by atoms with E-state index in [0.29, 0.717) is 18.5 Å². The number of methoxy groups -OCH3 is 1. The SMILES string of the molecule is COc1ccc(CCC(=O)N2CCC3(CC2)CC(N2CCN(C(C)C)CC2)CCO3)cc1. The van der Waals surface area contributed by atoms with Crippen LogP contribution in [0.15, 0.2) is 24.3 Å². The van der Waals surface area contributed by atoms with Crippen molar-refractivity contribution in [1.82, 2.24) is 14.7 Å². The number of piperazine rings is 1. The molecule has 178 valence electrons. The van der Waals surface area contributed by atoms with Crippen molar-refractivity contribution in [2.24, 2.45) is 0 Å². The van der Waals surface area contributed by atoms with Crippen LogP contribution in [0.25, 0.3) is 0 Å². The lowest BCUT2D eigenvalue weighted by Crippen LogP contribution is -2.58. The number of benzene rings is 1. The van der Waals surface area contributed by atoms with E-state index in [9.17, 15) is 4.79 Å². The molecule has 3 fully saturated rings. The molecule has 1 aromatic rings. The normalized spacial score (nSPS) is 24.8. The first-order valence-electron chi connectivity index (χ1n) is 12.5. The molecular weight excluding hydrogens is 402 g/mol. The van der Waals surface area contributed by atoms with Crippen LogP contribution in [0.2, 0.25) is 0 Å². The molecule has 3 aliphatic heterocycles. The lowest BCUT2D eigenvalue weighted by atomic mass is 9.81. The minimum Gasteiger partial charge on any atom is -0.497 e. The Kier molecular flexibility index (Phi) is 7.74. The van der Waals surface area contributed by atoms with Gasteiger partial charge in [-0.3, -0.25) is 14.6 Å². The molecule has 0 aliphatic carbocycles. The van der Waals surface area contributed by atoms with E-state index in [0.717, 1.165) is 57.6 Å². The van der Waals surface area contributed by atoms with Crippen molar-refractivity contribution in [3.8, 4) is 5.75 Å². The van der Waals surface area contributed by atoms with Crippen LogP contribution in [0, 0.1) is 0 Å². The third-order valence-corrected chi connectivity index (χ3v) is 7.88. The number of ether oxygens (including phenoxy) is 2. The first-order chi connectivity index (χ1) is 15.5. The Balaban J connectivity index is 1.23. The van der Waals surface area contributed by atoms with Crippen molar-refractivity contribution in [3.05, 3.63) is 29.8 Å². The van der Waals surface area contributed by atoms with Crippen molar-refractivity contribution in [2.75, 3.05) is 53.0 Å². The number of carbonyl (C=O) groups is 1. The third-order valence-electron chi connectivity index (χ3n) is 7.88. The summed E-state index contributed by atoms with van der Waals surface area (Å²) in [5.41, 5.74) is 1.16. The van der Waals surface area contributed by atoms with Gasteiger partial charge in [0.25, 0.3) is 0 Å². The number of piperidine rings is 1. The van der Waals surface area contributed by atoms with Gasteiger partial charge in [0, 0.05) is 64.4 Å². The molecule has 4 rings (SSSR count). The summed E-state index contributed by atoms with van der Waals surface area (Å²) < 4.78 is 11.6. The van der Waals surface area contributed by atoms with Gasteiger partial charge in [-0.2, -0.15) is 0 Å². The van der Waals surface area contributed by atoms with Crippen LogP contribution in [-0.2, 0) is 16.0 Å². The summed E-state index contributed by atoms with van der Waals surface area (Å²) in [7, 11) is 1.67. The van der Waals surface area contributed by atoms with Crippen LogP contribution in [0.4, 0.5) is 0 Å². The fourth-order valence-corrected chi connectivity index (χ4v) is 5.65. The van der Waals surface area contributed by atoms with Crippen molar-refractivity contribution in [1.29, 1.82) is 0 Å². The highest BCUT2D eigenvalue weighted by molar-refractivity contribution is 5.76. The molecule has 0 bridgehead atoms. The Morgan fingerprint density at radius 3 is 2.41 bits per heavy atom.